The number of carboxylic acid groups (broad SMARTS) is 1. The average molecular weight is 1190 g/mol. The highest BCUT2D eigenvalue weighted by Gasteiger charge is 2.74. The number of allylic oxidation sites excluding steroid dienone is 2. The highest BCUT2D eigenvalue weighted by molar-refractivity contribution is 5.73. The van der Waals surface area contributed by atoms with Gasteiger partial charge in [0, 0.05) is 13.8 Å². The van der Waals surface area contributed by atoms with E-state index >= 15 is 0 Å². The van der Waals surface area contributed by atoms with Crippen LogP contribution in [0.1, 0.15) is 114 Å². The molecule has 0 aromatic rings. The summed E-state index contributed by atoms with van der Waals surface area (Å²) in [5.41, 5.74) is -3.76. The normalized spacial score (nSPS) is 52.0. The first-order valence-electron chi connectivity index (χ1n) is 29.2. The minimum Gasteiger partial charge on any atom is -0.479 e. The second-order valence-electron chi connectivity index (χ2n) is 27.2. The van der Waals surface area contributed by atoms with Gasteiger partial charge in [0.1, 0.15) is 85.5 Å². The SMILES string of the molecule is CC(=O)O[C@@H]1[C@@H](O)[C@@H](O)[C@H](O[C@H]2[C@H](OC(C)=O)[C@@]3(CO)C(CC2(C)C)C2=CCC4[C@@]5(C)CC[C@H](O[C@@H]6O[C@H](C(=O)O)[C@@H](O)[C@H](O[C@@H]7O[C@@H](CO)[C@H](O)[C@H]7O)[C@H]6O[C@@H]6O[C@H](CO)[C@H](O)[C@H](O)[C@H]6O)C(C)(C)C5CC[C@@]4(C)[C@]2(C)C[C@H]3O)O[C@H]1C. The first kappa shape index (κ1) is 64.8. The Morgan fingerprint density at radius 1 is 0.590 bits per heavy atom. The molecule has 4 saturated carbocycles. The molecule has 0 aromatic heterocycles. The Kier molecular flexibility index (Phi) is 18.3. The number of carboxylic acids is 1. The number of aliphatic hydroxyl groups excluding tert-OH is 12. The fourth-order valence-electron chi connectivity index (χ4n) is 17.4. The molecule has 13 N–H and O–H groups in total. The van der Waals surface area contributed by atoms with Gasteiger partial charge in [-0.1, -0.05) is 60.1 Å². The number of aliphatic hydroxyl groups is 12. The summed E-state index contributed by atoms with van der Waals surface area (Å²) in [6.07, 6.45) is -31.2. The molecule has 474 valence electrons. The van der Waals surface area contributed by atoms with Crippen molar-refractivity contribution in [3.05, 3.63) is 11.6 Å². The van der Waals surface area contributed by atoms with Gasteiger partial charge in [0.05, 0.1) is 43.5 Å². The number of hydrogen-bond acceptors (Lipinski definition) is 25. The van der Waals surface area contributed by atoms with Gasteiger partial charge < -0.3 is 114 Å². The van der Waals surface area contributed by atoms with Gasteiger partial charge in [0.25, 0.3) is 0 Å². The summed E-state index contributed by atoms with van der Waals surface area (Å²) in [6, 6.07) is 0. The van der Waals surface area contributed by atoms with Gasteiger partial charge in [-0.25, -0.2) is 4.79 Å². The summed E-state index contributed by atoms with van der Waals surface area (Å²) in [7, 11) is 0. The summed E-state index contributed by atoms with van der Waals surface area (Å²) in [5.74, 6) is -3.71. The third-order valence-electron chi connectivity index (χ3n) is 21.9. The summed E-state index contributed by atoms with van der Waals surface area (Å²) in [6.45, 7) is 16.4. The van der Waals surface area contributed by atoms with Gasteiger partial charge in [-0.05, 0) is 96.7 Å². The molecule has 4 heterocycles. The molecule has 0 amide bonds. The molecule has 5 aliphatic carbocycles. The first-order valence-corrected chi connectivity index (χ1v) is 29.2. The predicted molar refractivity (Wildman–Crippen MR) is 279 cm³/mol. The van der Waals surface area contributed by atoms with Crippen LogP contribution in [0.25, 0.3) is 0 Å². The maximum atomic E-state index is 13.2. The largest absolute Gasteiger partial charge is 0.479 e. The fourth-order valence-corrected chi connectivity index (χ4v) is 17.4. The van der Waals surface area contributed by atoms with Crippen molar-refractivity contribution in [2.24, 2.45) is 50.2 Å². The fraction of sp³-hybridized carbons (Fsp3) is 0.912. The number of hydrogen-bond donors (Lipinski definition) is 13. The Bertz CT molecular complexity index is 2390. The lowest BCUT2D eigenvalue weighted by Gasteiger charge is -2.72. The second-order valence-corrected chi connectivity index (χ2v) is 27.2. The van der Waals surface area contributed by atoms with Gasteiger partial charge in [-0.15, -0.1) is 0 Å². The van der Waals surface area contributed by atoms with Crippen molar-refractivity contribution in [3.63, 3.8) is 0 Å². The topological polar surface area (TPSA) is 407 Å². The van der Waals surface area contributed by atoms with Crippen LogP contribution >= 0.6 is 0 Å². The molecule has 9 aliphatic rings. The lowest BCUT2D eigenvalue weighted by Crippen LogP contribution is -2.73. The third kappa shape index (κ3) is 10.5. The van der Waals surface area contributed by atoms with Crippen LogP contribution in [0.2, 0.25) is 0 Å². The molecule has 26 nitrogen and oxygen atoms in total. The predicted octanol–water partition coefficient (Wildman–Crippen LogP) is -1.75. The van der Waals surface area contributed by atoms with Crippen LogP contribution in [0.3, 0.4) is 0 Å². The van der Waals surface area contributed by atoms with Crippen LogP contribution in [0.15, 0.2) is 11.6 Å². The number of fused-ring (bicyclic) bond motifs is 7. The van der Waals surface area contributed by atoms with E-state index in [1.807, 2.05) is 27.7 Å². The Hall–Kier alpha value is -2.65. The zero-order valence-electron chi connectivity index (χ0n) is 48.8. The highest BCUT2D eigenvalue weighted by atomic mass is 16.8. The molecule has 4 saturated heterocycles. The molecule has 4 aliphatic heterocycles. The molecule has 26 heteroatoms. The number of carbonyl (C=O) groups is 3. The van der Waals surface area contributed by atoms with E-state index in [4.69, 9.17) is 47.4 Å². The summed E-state index contributed by atoms with van der Waals surface area (Å²) in [4.78, 5) is 38.0. The quantitative estimate of drug-likeness (QED) is 0.0521. The van der Waals surface area contributed by atoms with Crippen molar-refractivity contribution in [1.82, 2.24) is 0 Å². The molecular formula is C57H90O26. The third-order valence-corrected chi connectivity index (χ3v) is 21.9. The van der Waals surface area contributed by atoms with E-state index in [1.165, 1.54) is 13.8 Å². The zero-order valence-corrected chi connectivity index (χ0v) is 48.8. The van der Waals surface area contributed by atoms with Crippen LogP contribution in [0.4, 0.5) is 0 Å². The molecule has 30 atom stereocenters. The molecule has 8 fully saturated rings. The smallest absolute Gasteiger partial charge is 0.335 e. The Labute approximate surface area is 481 Å². The summed E-state index contributed by atoms with van der Waals surface area (Å²) < 4.78 is 60.6. The Balaban J connectivity index is 1.01. The molecule has 9 rings (SSSR count). The lowest BCUT2D eigenvalue weighted by molar-refractivity contribution is -0.386. The first-order chi connectivity index (χ1) is 38.7. The van der Waals surface area contributed by atoms with Gasteiger partial charge in [-0.3, -0.25) is 9.59 Å². The number of esters is 2. The molecule has 0 bridgehead atoms. The van der Waals surface area contributed by atoms with E-state index < -0.39 is 217 Å². The minimum atomic E-state index is -2.12. The minimum absolute atomic E-state index is 0.0175. The van der Waals surface area contributed by atoms with Crippen molar-refractivity contribution in [1.29, 1.82) is 0 Å². The zero-order chi connectivity index (χ0) is 61.2. The van der Waals surface area contributed by atoms with E-state index in [9.17, 15) is 80.8 Å². The van der Waals surface area contributed by atoms with Crippen molar-refractivity contribution in [2.75, 3.05) is 19.8 Å². The standard InChI is InChI=1S/C57H90O26/c1-22-41(75-23(2)61)36(67)39(70)48(74-22)83-45-46(76-24(3)62)57(21-60)26(17-52(45,4)5)25-11-12-30-54(8)15-14-32(53(6,7)29(54)13-16-55(30,9)56(25,10)18-31(57)63)79-51-44(82-50-38(69)35(66)33(64)27(19-58)77-50)42(40(71)43(81-51)47(72)73)80-49-37(68)34(65)28(20-59)78-49/h11,22,26-46,48-51,58-60,63-71H,12-21H2,1-10H3,(H,72,73)/t22-,26?,27+,28-,29?,30?,31+,32-,33-,34-,35-,36-,37+,38+,39+,40-,41-,42-,43-,44+,45-,46-,48-,49-,50-,51+,54-,55+,56+,57-/m0/s1. The van der Waals surface area contributed by atoms with Crippen LogP contribution in [0.5, 0.6) is 0 Å². The lowest BCUT2D eigenvalue weighted by atomic mass is 9.33. The van der Waals surface area contributed by atoms with E-state index in [2.05, 4.69) is 26.8 Å². The van der Waals surface area contributed by atoms with Gasteiger partial charge in [0.2, 0.25) is 0 Å². The highest BCUT2D eigenvalue weighted by Crippen LogP contribution is 2.76. The van der Waals surface area contributed by atoms with Crippen LogP contribution in [0, 0.1) is 50.2 Å². The van der Waals surface area contributed by atoms with Crippen LogP contribution < -0.4 is 0 Å². The molecule has 0 radical (unpaired) electrons. The van der Waals surface area contributed by atoms with Crippen molar-refractivity contribution in [2.45, 2.75) is 255 Å². The molecule has 0 spiro atoms. The van der Waals surface area contributed by atoms with Crippen LogP contribution in [-0.4, -0.2) is 245 Å². The average Bonchev–Trinajstić information content (AvgIpc) is 0.989. The molecule has 0 aromatic carbocycles. The molecule has 83 heavy (non-hydrogen) atoms. The number of carbonyl (C=O) groups excluding carboxylic acids is 2. The maximum Gasteiger partial charge on any atom is 0.335 e. The summed E-state index contributed by atoms with van der Waals surface area (Å²) in [5, 5.41) is 143. The summed E-state index contributed by atoms with van der Waals surface area (Å²) >= 11 is 0. The van der Waals surface area contributed by atoms with E-state index in [0.29, 0.717) is 38.5 Å². The Morgan fingerprint density at radius 2 is 1.16 bits per heavy atom. The van der Waals surface area contributed by atoms with Crippen molar-refractivity contribution in [3.8, 4) is 0 Å². The van der Waals surface area contributed by atoms with Gasteiger partial charge in [-0.2, -0.15) is 0 Å². The van der Waals surface area contributed by atoms with E-state index in [-0.39, 0.29) is 18.3 Å². The number of ether oxygens (including phenoxy) is 10. The van der Waals surface area contributed by atoms with Crippen LogP contribution in [-0.2, 0) is 61.8 Å². The molecular weight excluding hydrogens is 1100 g/mol. The monoisotopic (exact) mass is 1190 g/mol. The number of rotatable bonds is 14. The number of aliphatic carboxylic acids is 1. The van der Waals surface area contributed by atoms with E-state index in [0.717, 1.165) is 5.57 Å². The Morgan fingerprint density at radius 3 is 1.73 bits per heavy atom. The maximum absolute atomic E-state index is 13.2. The van der Waals surface area contributed by atoms with E-state index in [1.54, 1.807) is 6.92 Å². The van der Waals surface area contributed by atoms with Gasteiger partial charge >= 0.3 is 17.9 Å². The van der Waals surface area contributed by atoms with Crippen molar-refractivity contribution >= 4 is 17.9 Å². The van der Waals surface area contributed by atoms with Crippen molar-refractivity contribution < 1.29 is 128 Å². The second kappa shape index (κ2) is 23.4. The molecule has 3 unspecified atom stereocenters. The van der Waals surface area contributed by atoms with Gasteiger partial charge in [0.15, 0.2) is 37.4 Å².